The van der Waals surface area contributed by atoms with Gasteiger partial charge in [-0.2, -0.15) is 0 Å². The van der Waals surface area contributed by atoms with E-state index in [2.05, 4.69) is 11.1 Å². The lowest BCUT2D eigenvalue weighted by atomic mass is 9.96. The predicted octanol–water partition coefficient (Wildman–Crippen LogP) is 4.70. The Balaban J connectivity index is 1.52. The molecule has 33 heavy (non-hydrogen) atoms. The van der Waals surface area contributed by atoms with Crippen LogP contribution in [0.15, 0.2) is 79.0 Å². The Morgan fingerprint density at radius 1 is 0.848 bits per heavy atom. The Labute approximate surface area is 194 Å². The van der Waals surface area contributed by atoms with Crippen molar-refractivity contribution in [3.8, 4) is 11.1 Å². The van der Waals surface area contributed by atoms with E-state index in [0.29, 0.717) is 38.4 Å². The molecule has 0 unspecified atom stereocenters. The van der Waals surface area contributed by atoms with Crippen LogP contribution < -0.4 is 11.5 Å². The highest BCUT2D eigenvalue weighted by Crippen LogP contribution is 2.31. The number of benzene rings is 3. The summed E-state index contributed by atoms with van der Waals surface area (Å²) in [4.78, 5) is 16.9. The Kier molecular flexibility index (Phi) is 7.45. The first-order chi connectivity index (χ1) is 16.1. The molecule has 5 heteroatoms. The quantitative estimate of drug-likeness (QED) is 0.349. The molecule has 5 nitrogen and oxygen atoms in total. The number of carbonyl (C=O) groups is 1. The zero-order valence-electron chi connectivity index (χ0n) is 18.7. The minimum atomic E-state index is 0.202. The fourth-order valence-corrected chi connectivity index (χ4v) is 3.92. The maximum Gasteiger partial charge on any atom is 0.141 e. The van der Waals surface area contributed by atoms with Crippen molar-refractivity contribution in [1.82, 2.24) is 4.98 Å². The number of nitrogen functional groups attached to an aromatic ring is 1. The molecule has 168 valence electrons. The number of hydrogen-bond donors (Lipinski definition) is 2. The highest BCUT2D eigenvalue weighted by Gasteiger charge is 2.10. The molecule has 1 heterocycles. The standard InChI is InChI=1S/C28H29N3O2/c29-13-4-14-33-19-22-9-12-25-26(17-22)27(18-31-28(25)30)23-10-7-21(8-11-23)16-24(32)15-20-5-2-1-3-6-20/h1-3,5-12,17-18H,4,13-16,19,29H2,(H2,30,31). The van der Waals surface area contributed by atoms with E-state index in [1.165, 1.54) is 0 Å². The number of anilines is 1. The van der Waals surface area contributed by atoms with Crippen LogP contribution in [0.4, 0.5) is 5.82 Å². The molecule has 0 aliphatic carbocycles. The molecule has 0 bridgehead atoms. The normalized spacial score (nSPS) is 11.1. The van der Waals surface area contributed by atoms with E-state index in [-0.39, 0.29) is 5.78 Å². The Morgan fingerprint density at radius 3 is 2.27 bits per heavy atom. The molecule has 0 radical (unpaired) electrons. The summed E-state index contributed by atoms with van der Waals surface area (Å²) < 4.78 is 5.72. The van der Waals surface area contributed by atoms with Gasteiger partial charge in [0.15, 0.2) is 0 Å². The number of rotatable bonds is 10. The van der Waals surface area contributed by atoms with Crippen molar-refractivity contribution in [2.45, 2.75) is 25.9 Å². The second-order valence-corrected chi connectivity index (χ2v) is 8.21. The first-order valence-electron chi connectivity index (χ1n) is 11.2. The summed E-state index contributed by atoms with van der Waals surface area (Å²) in [5.74, 6) is 0.709. The van der Waals surface area contributed by atoms with Gasteiger partial charge in [-0.05, 0) is 46.7 Å². The number of pyridine rings is 1. The summed E-state index contributed by atoms with van der Waals surface area (Å²) >= 11 is 0. The highest BCUT2D eigenvalue weighted by molar-refractivity contribution is 6.01. The number of nitrogens with zero attached hydrogens (tertiary/aromatic N) is 1. The van der Waals surface area contributed by atoms with E-state index in [4.69, 9.17) is 16.2 Å². The van der Waals surface area contributed by atoms with Gasteiger partial charge in [-0.1, -0.05) is 66.7 Å². The number of nitrogens with two attached hydrogens (primary N) is 2. The van der Waals surface area contributed by atoms with Gasteiger partial charge in [-0.25, -0.2) is 4.98 Å². The van der Waals surface area contributed by atoms with Crippen molar-refractivity contribution in [1.29, 1.82) is 0 Å². The first-order valence-corrected chi connectivity index (χ1v) is 11.2. The van der Waals surface area contributed by atoms with Crippen LogP contribution in [-0.4, -0.2) is 23.9 Å². The third kappa shape index (κ3) is 5.83. The zero-order valence-corrected chi connectivity index (χ0v) is 18.7. The van der Waals surface area contributed by atoms with E-state index < -0.39 is 0 Å². The van der Waals surface area contributed by atoms with Crippen molar-refractivity contribution >= 4 is 22.4 Å². The van der Waals surface area contributed by atoms with E-state index in [0.717, 1.165) is 45.0 Å². The molecule has 0 atom stereocenters. The van der Waals surface area contributed by atoms with Gasteiger partial charge >= 0.3 is 0 Å². The van der Waals surface area contributed by atoms with E-state index >= 15 is 0 Å². The summed E-state index contributed by atoms with van der Waals surface area (Å²) in [6, 6.07) is 24.1. The van der Waals surface area contributed by atoms with Crippen LogP contribution in [0, 0.1) is 0 Å². The number of hydrogen-bond acceptors (Lipinski definition) is 5. The molecule has 4 N–H and O–H groups in total. The smallest absolute Gasteiger partial charge is 0.141 e. The highest BCUT2D eigenvalue weighted by atomic mass is 16.5. The zero-order chi connectivity index (χ0) is 23.0. The van der Waals surface area contributed by atoms with Crippen molar-refractivity contribution < 1.29 is 9.53 Å². The summed E-state index contributed by atoms with van der Waals surface area (Å²) in [6.07, 6.45) is 3.52. The summed E-state index contributed by atoms with van der Waals surface area (Å²) in [6.45, 7) is 1.79. The molecule has 0 saturated heterocycles. The number of Topliss-reactive ketones (excluding diaryl/α,β-unsaturated/α-hetero) is 1. The van der Waals surface area contributed by atoms with Crippen LogP contribution in [0.25, 0.3) is 21.9 Å². The minimum absolute atomic E-state index is 0.202. The third-order valence-corrected chi connectivity index (χ3v) is 5.65. The summed E-state index contributed by atoms with van der Waals surface area (Å²) in [7, 11) is 0. The van der Waals surface area contributed by atoms with Crippen molar-refractivity contribution in [3.05, 3.63) is 95.7 Å². The van der Waals surface area contributed by atoms with Gasteiger partial charge in [0.25, 0.3) is 0 Å². The lowest BCUT2D eigenvalue weighted by molar-refractivity contribution is -0.117. The third-order valence-electron chi connectivity index (χ3n) is 5.65. The van der Waals surface area contributed by atoms with Gasteiger partial charge in [0, 0.05) is 36.6 Å². The molecule has 0 spiro atoms. The molecule has 4 aromatic rings. The fourth-order valence-electron chi connectivity index (χ4n) is 3.92. The molecule has 0 amide bonds. The number of carbonyl (C=O) groups excluding carboxylic acids is 1. The summed E-state index contributed by atoms with van der Waals surface area (Å²) in [5.41, 5.74) is 16.8. The molecular formula is C28H29N3O2. The van der Waals surface area contributed by atoms with Gasteiger partial charge in [0.2, 0.25) is 0 Å². The van der Waals surface area contributed by atoms with Crippen molar-refractivity contribution in [3.63, 3.8) is 0 Å². The Morgan fingerprint density at radius 2 is 1.55 bits per heavy atom. The largest absolute Gasteiger partial charge is 0.383 e. The van der Waals surface area contributed by atoms with Gasteiger partial charge in [-0.3, -0.25) is 4.79 Å². The number of ether oxygens (including phenoxy) is 1. The number of fused-ring (bicyclic) bond motifs is 1. The van der Waals surface area contributed by atoms with E-state index in [1.54, 1.807) is 0 Å². The molecule has 4 rings (SSSR count). The molecular weight excluding hydrogens is 410 g/mol. The van der Waals surface area contributed by atoms with Crippen LogP contribution in [0.2, 0.25) is 0 Å². The van der Waals surface area contributed by atoms with E-state index in [9.17, 15) is 4.79 Å². The maximum absolute atomic E-state index is 12.5. The van der Waals surface area contributed by atoms with Crippen molar-refractivity contribution in [2.75, 3.05) is 18.9 Å². The minimum Gasteiger partial charge on any atom is -0.383 e. The van der Waals surface area contributed by atoms with Crippen LogP contribution in [0.1, 0.15) is 23.1 Å². The average molecular weight is 440 g/mol. The molecule has 1 aromatic heterocycles. The monoisotopic (exact) mass is 439 g/mol. The lowest BCUT2D eigenvalue weighted by Crippen LogP contribution is -2.06. The second kappa shape index (κ2) is 10.9. The topological polar surface area (TPSA) is 91.2 Å². The van der Waals surface area contributed by atoms with Crippen LogP contribution in [-0.2, 0) is 29.0 Å². The first kappa shape index (κ1) is 22.6. The van der Waals surface area contributed by atoms with Crippen molar-refractivity contribution in [2.24, 2.45) is 5.73 Å². The van der Waals surface area contributed by atoms with Gasteiger partial charge in [0.05, 0.1) is 6.61 Å². The van der Waals surface area contributed by atoms with Crippen LogP contribution in [0.5, 0.6) is 0 Å². The SMILES string of the molecule is NCCCOCc1ccc2c(N)ncc(-c3ccc(CC(=O)Cc4ccccc4)cc3)c2c1. The molecule has 3 aromatic carbocycles. The molecule has 0 fully saturated rings. The molecule has 0 aliphatic rings. The van der Waals surface area contributed by atoms with Crippen LogP contribution >= 0.6 is 0 Å². The maximum atomic E-state index is 12.5. The molecule has 0 aliphatic heterocycles. The van der Waals surface area contributed by atoms with Gasteiger partial charge in [-0.15, -0.1) is 0 Å². The fraction of sp³-hybridized carbons (Fsp3) is 0.214. The lowest BCUT2D eigenvalue weighted by Gasteiger charge is -2.11. The van der Waals surface area contributed by atoms with E-state index in [1.807, 2.05) is 72.9 Å². The van der Waals surface area contributed by atoms with Gasteiger partial charge in [0.1, 0.15) is 11.6 Å². The second-order valence-electron chi connectivity index (χ2n) is 8.21. The number of ketones is 1. The number of aromatic nitrogens is 1. The predicted molar refractivity (Wildman–Crippen MR) is 134 cm³/mol. The van der Waals surface area contributed by atoms with Gasteiger partial charge < -0.3 is 16.2 Å². The van der Waals surface area contributed by atoms with Crippen LogP contribution in [0.3, 0.4) is 0 Å². The summed E-state index contributed by atoms with van der Waals surface area (Å²) in [5, 5.41) is 1.95. The average Bonchev–Trinajstić information content (AvgIpc) is 2.83. The molecule has 0 saturated carbocycles. The Bertz CT molecular complexity index is 1220. The Hall–Kier alpha value is -3.54.